The van der Waals surface area contributed by atoms with Crippen LogP contribution in [0.5, 0.6) is 0 Å². The van der Waals surface area contributed by atoms with E-state index in [2.05, 4.69) is 4.90 Å². The molecule has 2 aliphatic carbocycles. The fourth-order valence-corrected chi connectivity index (χ4v) is 4.15. The van der Waals surface area contributed by atoms with Gasteiger partial charge < -0.3 is 10.6 Å². The second-order valence-corrected chi connectivity index (χ2v) is 6.90. The maximum Gasteiger partial charge on any atom is 0.225 e. The van der Waals surface area contributed by atoms with Crippen LogP contribution in [0.1, 0.15) is 64.2 Å². The van der Waals surface area contributed by atoms with Gasteiger partial charge in [0.15, 0.2) is 0 Å². The van der Waals surface area contributed by atoms with Crippen LogP contribution in [0.15, 0.2) is 0 Å². The third kappa shape index (κ3) is 2.81. The lowest BCUT2D eigenvalue weighted by Crippen LogP contribution is -2.51. The average molecular weight is 264 g/mol. The van der Waals surface area contributed by atoms with E-state index >= 15 is 0 Å². The topological polar surface area (TPSA) is 46.3 Å². The number of nitrogens with zero attached hydrogens (tertiary/aromatic N) is 1. The Morgan fingerprint density at radius 3 is 2.26 bits per heavy atom. The number of nitrogens with two attached hydrogens (primary N) is 1. The molecule has 0 aromatic carbocycles. The molecule has 3 fully saturated rings. The number of amides is 1. The van der Waals surface area contributed by atoms with Crippen LogP contribution in [-0.4, -0.2) is 29.4 Å². The first kappa shape index (κ1) is 13.4. The van der Waals surface area contributed by atoms with Crippen LogP contribution < -0.4 is 5.73 Å². The normalized spacial score (nSPS) is 36.9. The Balaban J connectivity index is 1.62. The summed E-state index contributed by atoms with van der Waals surface area (Å²) in [5, 5.41) is 0. The molecule has 2 N–H and O–H groups in total. The van der Waals surface area contributed by atoms with Gasteiger partial charge in [-0.25, -0.2) is 0 Å². The molecule has 0 aromatic rings. The highest BCUT2D eigenvalue weighted by atomic mass is 16.2. The number of hydrogen-bond acceptors (Lipinski definition) is 2. The average Bonchev–Trinajstić information content (AvgIpc) is 2.37. The molecule has 3 rings (SSSR count). The van der Waals surface area contributed by atoms with Crippen molar-refractivity contribution in [3.63, 3.8) is 0 Å². The van der Waals surface area contributed by atoms with Crippen molar-refractivity contribution in [3.8, 4) is 0 Å². The fraction of sp³-hybridized carbons (Fsp3) is 0.938. The highest BCUT2D eigenvalue weighted by Gasteiger charge is 2.38. The van der Waals surface area contributed by atoms with E-state index in [-0.39, 0.29) is 5.92 Å². The summed E-state index contributed by atoms with van der Waals surface area (Å²) in [7, 11) is 0. The molecule has 3 heteroatoms. The van der Waals surface area contributed by atoms with Crippen LogP contribution in [0.25, 0.3) is 0 Å². The van der Waals surface area contributed by atoms with Gasteiger partial charge >= 0.3 is 0 Å². The maximum atomic E-state index is 12.8. The molecule has 108 valence electrons. The van der Waals surface area contributed by atoms with Gasteiger partial charge in [-0.15, -0.1) is 0 Å². The number of piperidine rings is 1. The molecule has 0 radical (unpaired) electrons. The zero-order chi connectivity index (χ0) is 13.2. The molecule has 1 saturated heterocycles. The van der Waals surface area contributed by atoms with E-state index < -0.39 is 0 Å². The number of carbonyl (C=O) groups excluding carboxylic acids is 1. The van der Waals surface area contributed by atoms with Gasteiger partial charge in [0, 0.05) is 24.5 Å². The van der Waals surface area contributed by atoms with E-state index in [1.165, 1.54) is 38.5 Å². The van der Waals surface area contributed by atoms with E-state index in [1.807, 2.05) is 0 Å². The molecule has 1 atom stereocenters. The quantitative estimate of drug-likeness (QED) is 0.833. The van der Waals surface area contributed by atoms with Gasteiger partial charge in [0.05, 0.1) is 0 Å². The van der Waals surface area contributed by atoms with Crippen molar-refractivity contribution in [3.05, 3.63) is 0 Å². The summed E-state index contributed by atoms with van der Waals surface area (Å²) in [5.41, 5.74) is 5.96. The molecule has 0 aromatic heterocycles. The Morgan fingerprint density at radius 1 is 0.895 bits per heavy atom. The Morgan fingerprint density at radius 2 is 1.63 bits per heavy atom. The Kier molecular flexibility index (Phi) is 4.11. The minimum absolute atomic E-state index is 0.278. The zero-order valence-corrected chi connectivity index (χ0v) is 12.0. The molecule has 0 spiro atoms. The van der Waals surface area contributed by atoms with Crippen molar-refractivity contribution in [2.24, 2.45) is 17.6 Å². The van der Waals surface area contributed by atoms with Crippen molar-refractivity contribution >= 4 is 5.91 Å². The first-order valence-electron chi connectivity index (χ1n) is 8.32. The Bertz CT molecular complexity index is 319. The zero-order valence-electron chi connectivity index (χ0n) is 12.0. The van der Waals surface area contributed by atoms with Gasteiger partial charge in [0.2, 0.25) is 5.91 Å². The molecule has 1 unspecified atom stereocenters. The first-order valence-corrected chi connectivity index (χ1v) is 8.32. The molecule has 1 amide bonds. The van der Waals surface area contributed by atoms with E-state index in [0.29, 0.717) is 18.0 Å². The molecule has 1 aliphatic heterocycles. The summed E-state index contributed by atoms with van der Waals surface area (Å²) in [6.45, 7) is 1.02. The van der Waals surface area contributed by atoms with E-state index in [1.54, 1.807) is 0 Å². The summed E-state index contributed by atoms with van der Waals surface area (Å²) in [4.78, 5) is 15.1. The summed E-state index contributed by atoms with van der Waals surface area (Å²) < 4.78 is 0. The lowest BCUT2D eigenvalue weighted by Gasteiger charge is -2.45. The van der Waals surface area contributed by atoms with Gasteiger partial charge in [0.1, 0.15) is 0 Å². The molecular formula is C16H28N2O. The van der Waals surface area contributed by atoms with Crippen molar-refractivity contribution in [2.75, 3.05) is 6.54 Å². The van der Waals surface area contributed by atoms with Crippen LogP contribution >= 0.6 is 0 Å². The van der Waals surface area contributed by atoms with E-state index in [0.717, 1.165) is 38.1 Å². The second kappa shape index (κ2) is 5.82. The van der Waals surface area contributed by atoms with Crippen molar-refractivity contribution in [2.45, 2.75) is 76.3 Å². The van der Waals surface area contributed by atoms with Gasteiger partial charge in [-0.1, -0.05) is 6.42 Å². The highest BCUT2D eigenvalue weighted by molar-refractivity contribution is 5.79. The van der Waals surface area contributed by atoms with E-state index in [9.17, 15) is 4.79 Å². The predicted octanol–water partition coefficient (Wildman–Crippen LogP) is 2.69. The molecule has 2 saturated carbocycles. The number of carbonyl (C=O) groups is 1. The van der Waals surface area contributed by atoms with Crippen molar-refractivity contribution in [1.82, 2.24) is 4.90 Å². The van der Waals surface area contributed by atoms with Crippen LogP contribution in [0.4, 0.5) is 0 Å². The van der Waals surface area contributed by atoms with Crippen molar-refractivity contribution < 1.29 is 4.79 Å². The minimum atomic E-state index is 0.278. The molecule has 1 heterocycles. The largest absolute Gasteiger partial charge is 0.339 e. The first-order chi connectivity index (χ1) is 9.25. The summed E-state index contributed by atoms with van der Waals surface area (Å²) >= 11 is 0. The van der Waals surface area contributed by atoms with E-state index in [4.69, 9.17) is 5.73 Å². The third-order valence-corrected chi connectivity index (χ3v) is 5.65. The molecule has 0 bridgehead atoms. The standard InChI is InChI=1S/C16H28N2O/c17-14-9-7-13(8-10-14)16(19)18-11-2-1-6-15(18)12-4-3-5-12/h12-15H,1-11,17H2. The van der Waals surface area contributed by atoms with Gasteiger partial charge in [0.25, 0.3) is 0 Å². The van der Waals surface area contributed by atoms with Crippen LogP contribution in [0.3, 0.4) is 0 Å². The molecule has 3 aliphatic rings. The maximum absolute atomic E-state index is 12.8. The van der Waals surface area contributed by atoms with Gasteiger partial charge in [-0.05, 0) is 63.7 Å². The second-order valence-electron chi connectivity index (χ2n) is 6.90. The van der Waals surface area contributed by atoms with Gasteiger partial charge in [-0.3, -0.25) is 4.79 Å². The minimum Gasteiger partial charge on any atom is -0.339 e. The number of rotatable bonds is 2. The van der Waals surface area contributed by atoms with Crippen LogP contribution in [0, 0.1) is 11.8 Å². The third-order valence-electron chi connectivity index (χ3n) is 5.65. The van der Waals surface area contributed by atoms with Gasteiger partial charge in [-0.2, -0.15) is 0 Å². The number of likely N-dealkylation sites (tertiary alicyclic amines) is 1. The smallest absolute Gasteiger partial charge is 0.225 e. The fourth-order valence-electron chi connectivity index (χ4n) is 4.15. The number of hydrogen-bond donors (Lipinski definition) is 1. The van der Waals surface area contributed by atoms with Crippen LogP contribution in [0.2, 0.25) is 0 Å². The Labute approximate surface area is 116 Å². The predicted molar refractivity (Wildman–Crippen MR) is 76.6 cm³/mol. The summed E-state index contributed by atoms with van der Waals surface area (Å²) in [5.74, 6) is 1.55. The molecular weight excluding hydrogens is 236 g/mol. The Hall–Kier alpha value is -0.570. The SMILES string of the molecule is NC1CCC(C(=O)N2CCCCC2C2CCC2)CC1. The van der Waals surface area contributed by atoms with Crippen LogP contribution in [-0.2, 0) is 4.79 Å². The molecule has 19 heavy (non-hydrogen) atoms. The lowest BCUT2D eigenvalue weighted by molar-refractivity contribution is -0.142. The summed E-state index contributed by atoms with van der Waals surface area (Å²) in [6, 6.07) is 0.915. The summed E-state index contributed by atoms with van der Waals surface area (Å²) in [6.07, 6.45) is 12.0. The highest BCUT2D eigenvalue weighted by Crippen LogP contribution is 2.38. The lowest BCUT2D eigenvalue weighted by atomic mass is 9.75. The van der Waals surface area contributed by atoms with Crippen molar-refractivity contribution in [1.29, 1.82) is 0 Å². The molecule has 3 nitrogen and oxygen atoms in total. The monoisotopic (exact) mass is 264 g/mol.